The lowest BCUT2D eigenvalue weighted by Gasteiger charge is -2.30. The van der Waals surface area contributed by atoms with Crippen LogP contribution in [0.2, 0.25) is 0 Å². The second-order valence-electron chi connectivity index (χ2n) is 5.54. The van der Waals surface area contributed by atoms with Crippen LogP contribution in [0.15, 0.2) is 18.2 Å². The van der Waals surface area contributed by atoms with Gasteiger partial charge in [0, 0.05) is 19.2 Å². The number of aryl methyl sites for hydroxylation is 1. The van der Waals surface area contributed by atoms with Crippen molar-refractivity contribution in [1.29, 1.82) is 0 Å². The van der Waals surface area contributed by atoms with E-state index in [1.807, 2.05) is 37.1 Å². The molecule has 2 rings (SSSR count). The Kier molecular flexibility index (Phi) is 4.81. The quantitative estimate of drug-likeness (QED) is 0.856. The van der Waals surface area contributed by atoms with Gasteiger partial charge in [0.25, 0.3) is 5.91 Å². The van der Waals surface area contributed by atoms with Crippen molar-refractivity contribution in [2.24, 2.45) is 11.7 Å². The van der Waals surface area contributed by atoms with Crippen LogP contribution in [-0.4, -0.2) is 30.9 Å². The first-order valence-corrected chi connectivity index (χ1v) is 7.17. The molecule has 3 nitrogen and oxygen atoms in total. The molecule has 1 aromatic rings. The van der Waals surface area contributed by atoms with Gasteiger partial charge in [-0.05, 0) is 37.8 Å². The van der Waals surface area contributed by atoms with Crippen LogP contribution < -0.4 is 5.73 Å². The summed E-state index contributed by atoms with van der Waals surface area (Å²) in [5, 5.41) is 0. The molecule has 0 radical (unpaired) electrons. The van der Waals surface area contributed by atoms with E-state index in [4.69, 9.17) is 5.73 Å². The third-order valence-electron chi connectivity index (χ3n) is 3.83. The number of amides is 1. The first-order valence-electron chi connectivity index (χ1n) is 7.17. The molecule has 1 aromatic carbocycles. The first kappa shape index (κ1) is 14.6. The van der Waals surface area contributed by atoms with Gasteiger partial charge in [0.15, 0.2) is 0 Å². The van der Waals surface area contributed by atoms with Gasteiger partial charge in [0.1, 0.15) is 0 Å². The van der Waals surface area contributed by atoms with E-state index in [9.17, 15) is 4.79 Å². The maximum absolute atomic E-state index is 12.6. The molecule has 1 fully saturated rings. The number of carbonyl (C=O) groups is 1. The Balaban J connectivity index is 2.20. The Morgan fingerprint density at radius 2 is 2.20 bits per heavy atom. The Labute approximate surface area is 121 Å². The molecule has 0 unspecified atom stereocenters. The topological polar surface area (TPSA) is 46.3 Å². The number of nitrogens with two attached hydrogens (primary N) is 1. The van der Waals surface area contributed by atoms with Gasteiger partial charge in [-0.1, -0.05) is 29.9 Å². The van der Waals surface area contributed by atoms with Gasteiger partial charge in [-0.25, -0.2) is 0 Å². The molecule has 1 aliphatic rings. The van der Waals surface area contributed by atoms with E-state index in [-0.39, 0.29) is 5.91 Å². The molecule has 1 amide bonds. The molecule has 0 spiro atoms. The van der Waals surface area contributed by atoms with Gasteiger partial charge in [-0.3, -0.25) is 4.79 Å². The monoisotopic (exact) mass is 270 g/mol. The van der Waals surface area contributed by atoms with Crippen molar-refractivity contribution in [3.05, 3.63) is 34.9 Å². The van der Waals surface area contributed by atoms with Crippen molar-refractivity contribution in [2.75, 3.05) is 20.1 Å². The largest absolute Gasteiger partial charge is 0.341 e. The minimum absolute atomic E-state index is 0.0573. The smallest absolute Gasteiger partial charge is 0.254 e. The van der Waals surface area contributed by atoms with Crippen molar-refractivity contribution in [2.45, 2.75) is 26.2 Å². The predicted molar refractivity (Wildman–Crippen MR) is 81.4 cm³/mol. The van der Waals surface area contributed by atoms with Crippen molar-refractivity contribution in [3.63, 3.8) is 0 Å². The van der Waals surface area contributed by atoms with Crippen molar-refractivity contribution in [1.82, 2.24) is 4.90 Å². The summed E-state index contributed by atoms with van der Waals surface area (Å²) in [6.07, 6.45) is 3.78. The van der Waals surface area contributed by atoms with Crippen LogP contribution in [0.4, 0.5) is 0 Å². The second-order valence-corrected chi connectivity index (χ2v) is 5.54. The number of nitrogens with zero attached hydrogens (tertiary/aromatic N) is 1. The van der Waals surface area contributed by atoms with Gasteiger partial charge >= 0.3 is 0 Å². The summed E-state index contributed by atoms with van der Waals surface area (Å²) in [5.74, 6) is 6.55. The third kappa shape index (κ3) is 3.40. The van der Waals surface area contributed by atoms with E-state index in [1.165, 1.54) is 19.3 Å². The lowest BCUT2D eigenvalue weighted by molar-refractivity contribution is 0.0745. The van der Waals surface area contributed by atoms with Gasteiger partial charge < -0.3 is 10.6 Å². The molecule has 0 aliphatic heterocycles. The SMILES string of the molecule is Cc1ccc(C#CCN)c(C(=O)N(C)CC2CCC2)c1. The van der Waals surface area contributed by atoms with Crippen LogP contribution in [0.5, 0.6) is 0 Å². The number of benzene rings is 1. The number of rotatable bonds is 3. The Hall–Kier alpha value is -1.79. The minimum Gasteiger partial charge on any atom is -0.341 e. The van der Waals surface area contributed by atoms with Crippen LogP contribution in [0.25, 0.3) is 0 Å². The average molecular weight is 270 g/mol. The molecule has 1 aliphatic carbocycles. The Morgan fingerprint density at radius 1 is 1.45 bits per heavy atom. The average Bonchev–Trinajstić information content (AvgIpc) is 2.40. The molecule has 106 valence electrons. The molecule has 3 heteroatoms. The molecule has 0 atom stereocenters. The summed E-state index contributed by atoms with van der Waals surface area (Å²) in [7, 11) is 1.88. The van der Waals surface area contributed by atoms with Crippen molar-refractivity contribution < 1.29 is 4.79 Å². The zero-order valence-electron chi connectivity index (χ0n) is 12.3. The minimum atomic E-state index is 0.0573. The summed E-state index contributed by atoms with van der Waals surface area (Å²) < 4.78 is 0. The molecule has 0 aromatic heterocycles. The van der Waals surface area contributed by atoms with E-state index in [1.54, 1.807) is 0 Å². The Bertz CT molecular complexity index is 550. The maximum atomic E-state index is 12.6. The summed E-state index contributed by atoms with van der Waals surface area (Å²) in [5.41, 5.74) is 7.95. The van der Waals surface area contributed by atoms with Gasteiger partial charge in [0.05, 0.1) is 12.1 Å². The zero-order chi connectivity index (χ0) is 14.5. The summed E-state index contributed by atoms with van der Waals surface area (Å²) in [6, 6.07) is 5.80. The number of hydrogen-bond donors (Lipinski definition) is 1. The molecule has 0 heterocycles. The third-order valence-corrected chi connectivity index (χ3v) is 3.83. The van der Waals surface area contributed by atoms with Crippen LogP contribution >= 0.6 is 0 Å². The Morgan fingerprint density at radius 3 is 2.80 bits per heavy atom. The summed E-state index contributed by atoms with van der Waals surface area (Å²) >= 11 is 0. The van der Waals surface area contributed by atoms with E-state index in [2.05, 4.69) is 11.8 Å². The highest BCUT2D eigenvalue weighted by atomic mass is 16.2. The van der Waals surface area contributed by atoms with Crippen LogP contribution in [0, 0.1) is 24.7 Å². The highest BCUT2D eigenvalue weighted by Crippen LogP contribution is 2.27. The normalized spacial score (nSPS) is 14.2. The molecular weight excluding hydrogens is 248 g/mol. The second kappa shape index (κ2) is 6.58. The lowest BCUT2D eigenvalue weighted by Crippen LogP contribution is -2.34. The van der Waals surface area contributed by atoms with Gasteiger partial charge in [0.2, 0.25) is 0 Å². The van der Waals surface area contributed by atoms with E-state index in [0.29, 0.717) is 18.0 Å². The molecular formula is C17H22N2O. The number of carbonyl (C=O) groups excluding carboxylic acids is 1. The molecule has 0 bridgehead atoms. The van der Waals surface area contributed by atoms with Crippen LogP contribution in [0.1, 0.15) is 40.7 Å². The lowest BCUT2D eigenvalue weighted by atomic mass is 9.85. The fourth-order valence-electron chi connectivity index (χ4n) is 2.44. The standard InChI is InChI=1S/C17H22N2O/c1-13-8-9-15(7-4-10-18)16(11-13)17(20)19(2)12-14-5-3-6-14/h8-9,11,14H,3,5-6,10,12,18H2,1-2H3. The summed E-state index contributed by atoms with van der Waals surface area (Å²) in [4.78, 5) is 14.4. The van der Waals surface area contributed by atoms with Crippen LogP contribution in [-0.2, 0) is 0 Å². The highest BCUT2D eigenvalue weighted by Gasteiger charge is 2.23. The van der Waals surface area contributed by atoms with Crippen molar-refractivity contribution >= 4 is 5.91 Å². The predicted octanol–water partition coefficient (Wildman–Crippen LogP) is 2.18. The molecule has 2 N–H and O–H groups in total. The molecule has 20 heavy (non-hydrogen) atoms. The van der Waals surface area contributed by atoms with E-state index in [0.717, 1.165) is 17.7 Å². The number of hydrogen-bond acceptors (Lipinski definition) is 2. The van der Waals surface area contributed by atoms with E-state index >= 15 is 0 Å². The zero-order valence-corrected chi connectivity index (χ0v) is 12.3. The fourth-order valence-corrected chi connectivity index (χ4v) is 2.44. The summed E-state index contributed by atoms with van der Waals surface area (Å²) in [6.45, 7) is 3.14. The van der Waals surface area contributed by atoms with E-state index < -0.39 is 0 Å². The fraction of sp³-hybridized carbons (Fsp3) is 0.471. The molecule has 0 saturated heterocycles. The first-order chi connectivity index (χ1) is 9.61. The van der Waals surface area contributed by atoms with Crippen molar-refractivity contribution in [3.8, 4) is 11.8 Å². The van der Waals surface area contributed by atoms with Gasteiger partial charge in [-0.15, -0.1) is 0 Å². The highest BCUT2D eigenvalue weighted by molar-refractivity contribution is 5.96. The molecule has 1 saturated carbocycles. The van der Waals surface area contributed by atoms with Crippen LogP contribution in [0.3, 0.4) is 0 Å². The van der Waals surface area contributed by atoms with Gasteiger partial charge in [-0.2, -0.15) is 0 Å². The maximum Gasteiger partial charge on any atom is 0.254 e.